The molecule has 1 atom stereocenters. The maximum absolute atomic E-state index is 12.6. The Balaban J connectivity index is 2.53. The molecule has 102 valence electrons. The van der Waals surface area contributed by atoms with Crippen molar-refractivity contribution in [3.63, 3.8) is 0 Å². The second kappa shape index (κ2) is 5.67. The molecule has 0 aliphatic rings. The molecule has 0 heterocycles. The first kappa shape index (κ1) is 14.9. The van der Waals surface area contributed by atoms with Gasteiger partial charge in [-0.2, -0.15) is 8.78 Å². The van der Waals surface area contributed by atoms with E-state index in [2.05, 4.69) is 5.32 Å². The molecule has 0 amide bonds. The van der Waals surface area contributed by atoms with Crippen LogP contribution >= 0.6 is 0 Å². The minimum Gasteiger partial charge on any atom is -0.384 e. The monoisotopic (exact) mass is 265 g/mol. The Morgan fingerprint density at radius 3 is 2.22 bits per heavy atom. The van der Waals surface area contributed by atoms with E-state index >= 15 is 0 Å². The van der Waals surface area contributed by atoms with Gasteiger partial charge in [0.25, 0.3) is 0 Å². The highest BCUT2D eigenvalue weighted by Crippen LogP contribution is 2.23. The second-order valence-corrected chi connectivity index (χ2v) is 4.31. The fraction of sp³-hybridized carbons (Fsp3) is 0.500. The van der Waals surface area contributed by atoms with E-state index in [0.717, 1.165) is 0 Å². The maximum Gasteiger partial charge on any atom is 0.319 e. The first-order chi connectivity index (χ1) is 8.26. The van der Waals surface area contributed by atoms with Gasteiger partial charge in [-0.25, -0.2) is 8.78 Å². The number of aliphatic hydroxyl groups is 1. The highest BCUT2D eigenvalue weighted by molar-refractivity contribution is 5.21. The van der Waals surface area contributed by atoms with Crippen LogP contribution in [0.2, 0.25) is 0 Å². The molecule has 0 bridgehead atoms. The van der Waals surface area contributed by atoms with E-state index in [9.17, 15) is 22.7 Å². The van der Waals surface area contributed by atoms with Crippen molar-refractivity contribution in [2.75, 3.05) is 13.1 Å². The molecule has 0 aliphatic carbocycles. The summed E-state index contributed by atoms with van der Waals surface area (Å²) in [5.74, 6) is -4.09. The molecule has 0 spiro atoms. The molecule has 0 aliphatic heterocycles. The summed E-state index contributed by atoms with van der Waals surface area (Å²) < 4.78 is 49.1. The van der Waals surface area contributed by atoms with Crippen molar-refractivity contribution in [2.45, 2.75) is 24.9 Å². The summed E-state index contributed by atoms with van der Waals surface area (Å²) in [6.45, 7) is 0.0167. The quantitative estimate of drug-likeness (QED) is 0.774. The van der Waals surface area contributed by atoms with Crippen molar-refractivity contribution >= 4 is 0 Å². The zero-order chi connectivity index (χ0) is 13.8. The van der Waals surface area contributed by atoms with E-state index in [1.165, 1.54) is 6.92 Å². The van der Waals surface area contributed by atoms with Gasteiger partial charge in [-0.15, -0.1) is 0 Å². The lowest BCUT2D eigenvalue weighted by Gasteiger charge is -2.25. The Kier molecular flexibility index (Phi) is 4.70. The molecule has 1 rings (SSSR count). The third-order valence-corrected chi connectivity index (χ3v) is 2.54. The molecule has 0 aromatic heterocycles. The Morgan fingerprint density at radius 2 is 1.72 bits per heavy atom. The highest BCUT2D eigenvalue weighted by atomic mass is 19.3. The molecule has 2 nitrogen and oxygen atoms in total. The van der Waals surface area contributed by atoms with Gasteiger partial charge in [0.15, 0.2) is 0 Å². The number of hydrogen-bond donors (Lipinski definition) is 2. The molecular formula is C12H15F4NO. The molecule has 2 N–H and O–H groups in total. The molecule has 1 aromatic carbocycles. The minimum absolute atomic E-state index is 0.237. The van der Waals surface area contributed by atoms with Crippen molar-refractivity contribution in [3.8, 4) is 0 Å². The molecular weight excluding hydrogens is 250 g/mol. The molecule has 0 saturated carbocycles. The summed E-state index contributed by atoms with van der Waals surface area (Å²) in [6, 6.07) is 8.40. The summed E-state index contributed by atoms with van der Waals surface area (Å²) in [5, 5.41) is 12.2. The van der Waals surface area contributed by atoms with Crippen LogP contribution in [0.1, 0.15) is 12.5 Å². The van der Waals surface area contributed by atoms with Gasteiger partial charge in [-0.1, -0.05) is 30.3 Å². The van der Waals surface area contributed by atoms with Crippen LogP contribution in [0.25, 0.3) is 0 Å². The smallest absolute Gasteiger partial charge is 0.319 e. The summed E-state index contributed by atoms with van der Waals surface area (Å²) in [6.07, 6.45) is -3.72. The van der Waals surface area contributed by atoms with Gasteiger partial charge >= 0.3 is 12.3 Å². The van der Waals surface area contributed by atoms with Gasteiger partial charge in [0.1, 0.15) is 0 Å². The molecule has 0 radical (unpaired) electrons. The minimum atomic E-state index is -4.09. The zero-order valence-electron chi connectivity index (χ0n) is 9.84. The zero-order valence-corrected chi connectivity index (χ0v) is 9.84. The van der Waals surface area contributed by atoms with Crippen LogP contribution in [0, 0.1) is 0 Å². The topological polar surface area (TPSA) is 32.3 Å². The Hall–Kier alpha value is -1.14. The van der Waals surface area contributed by atoms with Gasteiger partial charge in [0.2, 0.25) is 0 Å². The van der Waals surface area contributed by atoms with Crippen molar-refractivity contribution in [2.24, 2.45) is 0 Å². The van der Waals surface area contributed by atoms with Crippen LogP contribution in [0.4, 0.5) is 17.6 Å². The fourth-order valence-corrected chi connectivity index (χ4v) is 1.45. The van der Waals surface area contributed by atoms with Crippen molar-refractivity contribution < 1.29 is 22.7 Å². The van der Waals surface area contributed by atoms with E-state index in [1.54, 1.807) is 30.3 Å². The van der Waals surface area contributed by atoms with E-state index < -0.39 is 24.5 Å². The SMILES string of the molecule is CC(O)(CNCC(F)(F)C(F)F)c1ccccc1. The average Bonchev–Trinajstić information content (AvgIpc) is 2.29. The maximum atomic E-state index is 12.6. The molecule has 1 aromatic rings. The van der Waals surface area contributed by atoms with Crippen LogP contribution in [-0.2, 0) is 5.60 Å². The lowest BCUT2D eigenvalue weighted by Crippen LogP contribution is -2.44. The Bertz CT molecular complexity index is 368. The van der Waals surface area contributed by atoms with E-state index in [0.29, 0.717) is 5.56 Å². The van der Waals surface area contributed by atoms with Crippen molar-refractivity contribution in [3.05, 3.63) is 35.9 Å². The van der Waals surface area contributed by atoms with E-state index in [4.69, 9.17) is 0 Å². The standard InChI is InChI=1S/C12H15F4NO/c1-11(18,9-5-3-2-4-6-9)7-17-8-12(15,16)10(13)14/h2-6,10,17-18H,7-8H2,1H3. The van der Waals surface area contributed by atoms with Gasteiger partial charge in [-0.3, -0.25) is 0 Å². The van der Waals surface area contributed by atoms with Gasteiger partial charge in [0.05, 0.1) is 12.1 Å². The normalized spacial score (nSPS) is 15.7. The highest BCUT2D eigenvalue weighted by Gasteiger charge is 2.40. The predicted octanol–water partition coefficient (Wildman–Crippen LogP) is 2.38. The molecule has 0 fully saturated rings. The summed E-state index contributed by atoms with van der Waals surface area (Å²) >= 11 is 0. The molecule has 0 saturated heterocycles. The largest absolute Gasteiger partial charge is 0.384 e. The number of hydrogen-bond acceptors (Lipinski definition) is 2. The van der Waals surface area contributed by atoms with E-state index in [1.807, 2.05) is 0 Å². The lowest BCUT2D eigenvalue weighted by atomic mass is 9.96. The van der Waals surface area contributed by atoms with Gasteiger partial charge < -0.3 is 10.4 Å². The van der Waals surface area contributed by atoms with Crippen molar-refractivity contribution in [1.29, 1.82) is 0 Å². The van der Waals surface area contributed by atoms with Crippen molar-refractivity contribution in [1.82, 2.24) is 5.32 Å². The first-order valence-corrected chi connectivity index (χ1v) is 5.40. The lowest BCUT2D eigenvalue weighted by molar-refractivity contribution is -0.126. The third kappa shape index (κ3) is 3.96. The first-order valence-electron chi connectivity index (χ1n) is 5.40. The third-order valence-electron chi connectivity index (χ3n) is 2.54. The Labute approximate surface area is 103 Å². The number of benzene rings is 1. The Morgan fingerprint density at radius 1 is 1.17 bits per heavy atom. The summed E-state index contributed by atoms with van der Waals surface area (Å²) in [7, 11) is 0. The average molecular weight is 265 g/mol. The van der Waals surface area contributed by atoms with Gasteiger partial charge in [-0.05, 0) is 12.5 Å². The molecule has 6 heteroatoms. The molecule has 18 heavy (non-hydrogen) atoms. The second-order valence-electron chi connectivity index (χ2n) is 4.31. The summed E-state index contributed by atoms with van der Waals surface area (Å²) in [4.78, 5) is 0. The summed E-state index contributed by atoms with van der Waals surface area (Å²) in [5.41, 5.74) is -0.864. The van der Waals surface area contributed by atoms with Gasteiger partial charge in [0, 0.05) is 6.54 Å². The number of nitrogens with one attached hydrogen (secondary N) is 1. The van der Waals surface area contributed by atoms with Crippen LogP contribution in [-0.4, -0.2) is 30.5 Å². The van der Waals surface area contributed by atoms with Crippen LogP contribution in [0.3, 0.4) is 0 Å². The number of rotatable bonds is 6. The number of alkyl halides is 4. The van der Waals surface area contributed by atoms with E-state index in [-0.39, 0.29) is 6.54 Å². The van der Waals surface area contributed by atoms with Crippen LogP contribution < -0.4 is 5.32 Å². The van der Waals surface area contributed by atoms with Crippen LogP contribution in [0.5, 0.6) is 0 Å². The molecule has 1 unspecified atom stereocenters. The van der Waals surface area contributed by atoms with Crippen LogP contribution in [0.15, 0.2) is 30.3 Å². The predicted molar refractivity (Wildman–Crippen MR) is 59.8 cm³/mol. The number of halogens is 4. The fourth-order valence-electron chi connectivity index (χ4n) is 1.45.